The molecule has 2 atom stereocenters. The lowest BCUT2D eigenvalue weighted by molar-refractivity contribution is -0.00810. The predicted molar refractivity (Wildman–Crippen MR) is 120 cm³/mol. The molecular formula is C22H38N6O. The van der Waals surface area contributed by atoms with E-state index in [1.807, 2.05) is 36.3 Å². The minimum Gasteiger partial charge on any atom is -0.370 e. The Bertz CT molecular complexity index is 658. The first-order valence-corrected chi connectivity index (χ1v) is 10.6. The highest BCUT2D eigenvalue weighted by atomic mass is 16.5. The molecule has 0 bridgehead atoms. The molecule has 2 heterocycles. The standard InChI is InChI=1S/C22H38N6O/c1-7-10-27(11-8-2)20(18(4)5)15-24-22(23-9-3)28-12-13-29-21(17-28)19-14-25-26(6)16-19/h7-8,14,16,18,20-21H,1-2,9-13,15,17H2,3-6H3,(H,23,24). The summed E-state index contributed by atoms with van der Waals surface area (Å²) in [7, 11) is 1.93. The van der Waals surface area contributed by atoms with Crippen LogP contribution in [0.5, 0.6) is 0 Å². The number of rotatable bonds is 10. The SMILES string of the molecule is C=CCN(CC=C)C(CN=C(NCC)N1CCOC(c2cnn(C)c2)C1)C(C)C. The number of aryl methyl sites for hydroxylation is 1. The van der Waals surface area contributed by atoms with Crippen LogP contribution in [0.1, 0.15) is 32.4 Å². The zero-order valence-electron chi connectivity index (χ0n) is 18.5. The highest BCUT2D eigenvalue weighted by Crippen LogP contribution is 2.22. The van der Waals surface area contributed by atoms with E-state index in [0.29, 0.717) is 18.6 Å². The number of nitrogens with one attached hydrogen (secondary N) is 1. The summed E-state index contributed by atoms with van der Waals surface area (Å²) in [5.74, 6) is 1.43. The van der Waals surface area contributed by atoms with Crippen LogP contribution in [0.15, 0.2) is 42.7 Å². The fourth-order valence-corrected chi connectivity index (χ4v) is 3.68. The van der Waals surface area contributed by atoms with Gasteiger partial charge in [0.15, 0.2) is 5.96 Å². The van der Waals surface area contributed by atoms with Crippen molar-refractivity contribution in [2.24, 2.45) is 18.0 Å². The van der Waals surface area contributed by atoms with E-state index in [1.165, 1.54) is 0 Å². The number of ether oxygens (including phenoxy) is 1. The normalized spacial score (nSPS) is 18.9. The summed E-state index contributed by atoms with van der Waals surface area (Å²) in [6, 6.07) is 0.329. The Balaban J connectivity index is 2.13. The summed E-state index contributed by atoms with van der Waals surface area (Å²) in [4.78, 5) is 9.71. The third-order valence-electron chi connectivity index (χ3n) is 5.19. The van der Waals surface area contributed by atoms with Gasteiger partial charge in [-0.25, -0.2) is 0 Å². The molecule has 1 N–H and O–H groups in total. The topological polar surface area (TPSA) is 57.9 Å². The molecule has 1 aromatic heterocycles. The summed E-state index contributed by atoms with van der Waals surface area (Å²) < 4.78 is 7.81. The third-order valence-corrected chi connectivity index (χ3v) is 5.19. The molecule has 0 radical (unpaired) electrons. The van der Waals surface area contributed by atoms with Gasteiger partial charge in [-0.15, -0.1) is 13.2 Å². The molecule has 0 saturated carbocycles. The number of nitrogens with zero attached hydrogens (tertiary/aromatic N) is 5. The quantitative estimate of drug-likeness (QED) is 0.370. The first-order chi connectivity index (χ1) is 14.0. The van der Waals surface area contributed by atoms with Gasteiger partial charge in [-0.2, -0.15) is 5.10 Å². The molecule has 1 aliphatic heterocycles. The molecule has 2 rings (SSSR count). The van der Waals surface area contributed by atoms with Crippen LogP contribution in [-0.2, 0) is 11.8 Å². The Morgan fingerprint density at radius 2 is 2.14 bits per heavy atom. The Labute approximate surface area is 176 Å². The largest absolute Gasteiger partial charge is 0.370 e. The Kier molecular flexibility index (Phi) is 9.41. The van der Waals surface area contributed by atoms with Gasteiger partial charge >= 0.3 is 0 Å². The fourth-order valence-electron chi connectivity index (χ4n) is 3.68. The summed E-state index contributed by atoms with van der Waals surface area (Å²) in [5, 5.41) is 7.75. The number of hydrogen-bond donors (Lipinski definition) is 1. The summed E-state index contributed by atoms with van der Waals surface area (Å²) in [6.07, 6.45) is 7.83. The van der Waals surface area contributed by atoms with Crippen molar-refractivity contribution in [2.75, 3.05) is 45.9 Å². The first-order valence-electron chi connectivity index (χ1n) is 10.6. The average Bonchev–Trinajstić information content (AvgIpc) is 3.14. The number of hydrogen-bond acceptors (Lipinski definition) is 4. The molecule has 1 saturated heterocycles. The molecule has 1 aromatic rings. The van der Waals surface area contributed by atoms with E-state index in [0.717, 1.165) is 50.8 Å². The van der Waals surface area contributed by atoms with E-state index in [2.05, 4.69) is 54.1 Å². The lowest BCUT2D eigenvalue weighted by Crippen LogP contribution is -2.49. The van der Waals surface area contributed by atoms with Crippen LogP contribution >= 0.6 is 0 Å². The van der Waals surface area contributed by atoms with Crippen LogP contribution in [0.2, 0.25) is 0 Å². The van der Waals surface area contributed by atoms with Crippen LogP contribution < -0.4 is 5.32 Å². The number of aromatic nitrogens is 2. The Hall–Kier alpha value is -2.12. The molecule has 0 aliphatic carbocycles. The van der Waals surface area contributed by atoms with Gasteiger partial charge in [0.2, 0.25) is 0 Å². The van der Waals surface area contributed by atoms with Gasteiger partial charge in [0.1, 0.15) is 6.10 Å². The highest BCUT2D eigenvalue weighted by Gasteiger charge is 2.26. The van der Waals surface area contributed by atoms with Crippen LogP contribution in [0.3, 0.4) is 0 Å². The van der Waals surface area contributed by atoms with E-state index in [4.69, 9.17) is 9.73 Å². The summed E-state index contributed by atoms with van der Waals surface area (Å²) >= 11 is 0. The van der Waals surface area contributed by atoms with Crippen molar-refractivity contribution in [3.63, 3.8) is 0 Å². The number of aliphatic imine (C=N–C) groups is 1. The van der Waals surface area contributed by atoms with Crippen molar-refractivity contribution in [2.45, 2.75) is 32.9 Å². The number of morpholine rings is 1. The van der Waals surface area contributed by atoms with E-state index in [9.17, 15) is 0 Å². The van der Waals surface area contributed by atoms with Gasteiger partial charge in [-0.1, -0.05) is 26.0 Å². The van der Waals surface area contributed by atoms with Crippen molar-refractivity contribution in [1.29, 1.82) is 0 Å². The van der Waals surface area contributed by atoms with E-state index in [-0.39, 0.29) is 6.10 Å². The van der Waals surface area contributed by atoms with Crippen LogP contribution in [0.25, 0.3) is 0 Å². The molecule has 162 valence electrons. The second kappa shape index (κ2) is 11.8. The summed E-state index contributed by atoms with van der Waals surface area (Å²) in [5.41, 5.74) is 1.11. The Morgan fingerprint density at radius 1 is 1.41 bits per heavy atom. The molecule has 29 heavy (non-hydrogen) atoms. The van der Waals surface area contributed by atoms with Gasteiger partial charge in [0.25, 0.3) is 0 Å². The minimum atomic E-state index is 0.0141. The predicted octanol–water partition coefficient (Wildman–Crippen LogP) is 2.46. The maximum Gasteiger partial charge on any atom is 0.194 e. The lowest BCUT2D eigenvalue weighted by atomic mass is 10.0. The molecule has 7 heteroatoms. The maximum absolute atomic E-state index is 5.99. The molecule has 1 aliphatic rings. The molecule has 2 unspecified atom stereocenters. The lowest BCUT2D eigenvalue weighted by Gasteiger charge is -2.36. The second-order valence-corrected chi connectivity index (χ2v) is 7.79. The smallest absolute Gasteiger partial charge is 0.194 e. The summed E-state index contributed by atoms with van der Waals surface area (Å²) in [6.45, 7) is 19.9. The van der Waals surface area contributed by atoms with Crippen molar-refractivity contribution in [3.05, 3.63) is 43.3 Å². The molecule has 1 fully saturated rings. The molecule has 0 spiro atoms. The van der Waals surface area contributed by atoms with E-state index in [1.54, 1.807) is 0 Å². The van der Waals surface area contributed by atoms with Gasteiger partial charge < -0.3 is 15.0 Å². The number of guanidine groups is 1. The van der Waals surface area contributed by atoms with Gasteiger partial charge in [-0.3, -0.25) is 14.6 Å². The highest BCUT2D eigenvalue weighted by molar-refractivity contribution is 5.80. The zero-order valence-corrected chi connectivity index (χ0v) is 18.5. The monoisotopic (exact) mass is 402 g/mol. The van der Waals surface area contributed by atoms with Crippen LogP contribution in [0.4, 0.5) is 0 Å². The molecule has 0 amide bonds. The van der Waals surface area contributed by atoms with E-state index >= 15 is 0 Å². The fraction of sp³-hybridized carbons (Fsp3) is 0.636. The molecule has 7 nitrogen and oxygen atoms in total. The molecule has 0 aromatic carbocycles. The second-order valence-electron chi connectivity index (χ2n) is 7.79. The molecular weight excluding hydrogens is 364 g/mol. The van der Waals surface area contributed by atoms with Gasteiger partial charge in [-0.05, 0) is 12.8 Å². The van der Waals surface area contributed by atoms with Crippen LogP contribution in [-0.4, -0.2) is 77.5 Å². The third kappa shape index (κ3) is 6.72. The van der Waals surface area contributed by atoms with Crippen molar-refractivity contribution in [1.82, 2.24) is 24.9 Å². The first kappa shape index (κ1) is 23.2. The van der Waals surface area contributed by atoms with Crippen LogP contribution in [0, 0.1) is 5.92 Å². The van der Waals surface area contributed by atoms with Crippen molar-refractivity contribution in [3.8, 4) is 0 Å². The van der Waals surface area contributed by atoms with Crippen molar-refractivity contribution < 1.29 is 4.74 Å². The minimum absolute atomic E-state index is 0.0141. The maximum atomic E-state index is 5.99. The van der Waals surface area contributed by atoms with Gasteiger partial charge in [0.05, 0.1) is 25.9 Å². The van der Waals surface area contributed by atoms with Gasteiger partial charge in [0, 0.05) is 51.0 Å². The Morgan fingerprint density at radius 3 is 2.69 bits per heavy atom. The van der Waals surface area contributed by atoms with Crippen molar-refractivity contribution >= 4 is 5.96 Å². The zero-order chi connectivity index (χ0) is 21.2. The van der Waals surface area contributed by atoms with E-state index < -0.39 is 0 Å². The average molecular weight is 403 g/mol.